The van der Waals surface area contributed by atoms with Gasteiger partial charge in [-0.05, 0) is 44.9 Å². The largest absolute Gasteiger partial charge is 0.496 e. The molecule has 1 N–H and O–H groups in total. The van der Waals surface area contributed by atoms with Gasteiger partial charge in [0.1, 0.15) is 5.75 Å². The second kappa shape index (κ2) is 7.11. The van der Waals surface area contributed by atoms with Crippen molar-refractivity contribution in [2.45, 2.75) is 38.1 Å². The summed E-state index contributed by atoms with van der Waals surface area (Å²) in [5.74, 6) is 0.943. The van der Waals surface area contributed by atoms with Gasteiger partial charge in [-0.3, -0.25) is 0 Å². The van der Waals surface area contributed by atoms with Crippen LogP contribution in [0.3, 0.4) is 0 Å². The molecule has 0 aliphatic heterocycles. The fraction of sp³-hybridized carbons (Fsp3) is 0.500. The Balaban J connectivity index is 2.33. The molecule has 0 bridgehead atoms. The van der Waals surface area contributed by atoms with E-state index >= 15 is 0 Å². The molecule has 104 valence electrons. The Hall–Kier alpha value is -0.800. The Kier molecular flexibility index (Phi) is 5.46. The van der Waals surface area contributed by atoms with E-state index in [-0.39, 0.29) is 6.04 Å². The SMILES string of the molecule is CNC(C1=CCCCCC1)c1ccc(Br)cc1OC. The van der Waals surface area contributed by atoms with Gasteiger partial charge < -0.3 is 10.1 Å². The number of likely N-dealkylation sites (N-methyl/N-ethyl adjacent to an activating group) is 1. The number of allylic oxidation sites excluding steroid dienone is 1. The maximum Gasteiger partial charge on any atom is 0.125 e. The van der Waals surface area contributed by atoms with Crippen LogP contribution in [0.25, 0.3) is 0 Å². The number of methoxy groups -OCH3 is 1. The highest BCUT2D eigenvalue weighted by Gasteiger charge is 2.19. The van der Waals surface area contributed by atoms with Crippen molar-refractivity contribution in [1.82, 2.24) is 5.32 Å². The molecule has 0 spiro atoms. The highest BCUT2D eigenvalue weighted by molar-refractivity contribution is 9.10. The van der Waals surface area contributed by atoms with Crippen LogP contribution in [0.2, 0.25) is 0 Å². The maximum atomic E-state index is 5.53. The van der Waals surface area contributed by atoms with E-state index < -0.39 is 0 Å². The third kappa shape index (κ3) is 3.61. The van der Waals surface area contributed by atoms with E-state index in [9.17, 15) is 0 Å². The number of hydrogen-bond acceptors (Lipinski definition) is 2. The van der Waals surface area contributed by atoms with Gasteiger partial charge in [-0.2, -0.15) is 0 Å². The van der Waals surface area contributed by atoms with Gasteiger partial charge in [0, 0.05) is 10.0 Å². The molecule has 0 radical (unpaired) electrons. The highest BCUT2D eigenvalue weighted by atomic mass is 79.9. The first kappa shape index (κ1) is 14.6. The van der Waals surface area contributed by atoms with Crippen molar-refractivity contribution in [3.63, 3.8) is 0 Å². The normalized spacial score (nSPS) is 17.5. The van der Waals surface area contributed by atoms with Gasteiger partial charge in [-0.1, -0.05) is 40.1 Å². The summed E-state index contributed by atoms with van der Waals surface area (Å²) < 4.78 is 6.59. The van der Waals surface area contributed by atoms with Crippen LogP contribution < -0.4 is 10.1 Å². The summed E-state index contributed by atoms with van der Waals surface area (Å²) in [5.41, 5.74) is 2.72. The number of benzene rings is 1. The van der Waals surface area contributed by atoms with Crippen molar-refractivity contribution in [3.8, 4) is 5.75 Å². The predicted molar refractivity (Wildman–Crippen MR) is 83.7 cm³/mol. The highest BCUT2D eigenvalue weighted by Crippen LogP contribution is 2.35. The van der Waals surface area contributed by atoms with Crippen molar-refractivity contribution in [2.75, 3.05) is 14.2 Å². The van der Waals surface area contributed by atoms with E-state index in [2.05, 4.69) is 39.5 Å². The minimum absolute atomic E-state index is 0.265. The zero-order valence-corrected chi connectivity index (χ0v) is 13.3. The fourth-order valence-corrected chi connectivity index (χ4v) is 3.11. The molecular weight excluding hydrogens is 302 g/mol. The van der Waals surface area contributed by atoms with E-state index in [1.165, 1.54) is 43.2 Å². The Bertz CT molecular complexity index is 456. The van der Waals surface area contributed by atoms with Crippen LogP contribution in [-0.4, -0.2) is 14.2 Å². The lowest BCUT2D eigenvalue weighted by molar-refractivity contribution is 0.404. The average molecular weight is 324 g/mol. The van der Waals surface area contributed by atoms with Crippen LogP contribution in [0.1, 0.15) is 43.7 Å². The molecule has 1 aliphatic rings. The zero-order chi connectivity index (χ0) is 13.7. The van der Waals surface area contributed by atoms with E-state index in [0.29, 0.717) is 0 Å². The lowest BCUT2D eigenvalue weighted by Crippen LogP contribution is -2.19. The van der Waals surface area contributed by atoms with Crippen LogP contribution in [-0.2, 0) is 0 Å². The smallest absolute Gasteiger partial charge is 0.125 e. The molecule has 0 aromatic heterocycles. The Morgan fingerprint density at radius 2 is 2.11 bits per heavy atom. The van der Waals surface area contributed by atoms with Gasteiger partial charge in [-0.25, -0.2) is 0 Å². The maximum absolute atomic E-state index is 5.53. The number of nitrogens with one attached hydrogen (secondary N) is 1. The molecular formula is C16H22BrNO. The van der Waals surface area contributed by atoms with Gasteiger partial charge in [0.25, 0.3) is 0 Å². The first-order valence-corrected chi connectivity index (χ1v) is 7.75. The van der Waals surface area contributed by atoms with Crippen molar-refractivity contribution in [1.29, 1.82) is 0 Å². The summed E-state index contributed by atoms with van der Waals surface area (Å²) >= 11 is 3.50. The monoisotopic (exact) mass is 323 g/mol. The van der Waals surface area contributed by atoms with E-state index in [1.807, 2.05) is 13.1 Å². The molecule has 1 unspecified atom stereocenters. The summed E-state index contributed by atoms with van der Waals surface area (Å²) in [6, 6.07) is 6.53. The lowest BCUT2D eigenvalue weighted by Gasteiger charge is -2.22. The number of halogens is 1. The molecule has 0 heterocycles. The van der Waals surface area contributed by atoms with Crippen molar-refractivity contribution < 1.29 is 4.74 Å². The van der Waals surface area contributed by atoms with E-state index in [0.717, 1.165) is 10.2 Å². The molecule has 19 heavy (non-hydrogen) atoms. The fourth-order valence-electron chi connectivity index (χ4n) is 2.77. The van der Waals surface area contributed by atoms with Gasteiger partial charge in [0.05, 0.1) is 13.2 Å². The van der Waals surface area contributed by atoms with Crippen molar-refractivity contribution >= 4 is 15.9 Å². The van der Waals surface area contributed by atoms with Crippen LogP contribution in [0, 0.1) is 0 Å². The minimum atomic E-state index is 0.265. The zero-order valence-electron chi connectivity index (χ0n) is 11.7. The van der Waals surface area contributed by atoms with E-state index in [4.69, 9.17) is 4.74 Å². The molecule has 0 fully saturated rings. The average Bonchev–Trinajstić information content (AvgIpc) is 2.70. The summed E-state index contributed by atoms with van der Waals surface area (Å²) in [6.07, 6.45) is 8.75. The quantitative estimate of drug-likeness (QED) is 0.817. The molecule has 1 atom stereocenters. The first-order chi connectivity index (χ1) is 9.26. The Morgan fingerprint density at radius 3 is 2.84 bits per heavy atom. The molecule has 0 amide bonds. The van der Waals surface area contributed by atoms with Crippen molar-refractivity contribution in [3.05, 3.63) is 39.9 Å². The van der Waals surface area contributed by atoms with Gasteiger partial charge in [0.15, 0.2) is 0 Å². The third-order valence-electron chi connectivity index (χ3n) is 3.74. The topological polar surface area (TPSA) is 21.3 Å². The van der Waals surface area contributed by atoms with Crippen LogP contribution >= 0.6 is 15.9 Å². The number of hydrogen-bond donors (Lipinski definition) is 1. The van der Waals surface area contributed by atoms with E-state index in [1.54, 1.807) is 7.11 Å². The summed E-state index contributed by atoms with van der Waals surface area (Å²) in [6.45, 7) is 0. The lowest BCUT2D eigenvalue weighted by atomic mass is 9.94. The van der Waals surface area contributed by atoms with Crippen LogP contribution in [0.4, 0.5) is 0 Å². The second-order valence-corrected chi connectivity index (χ2v) is 5.90. The van der Waals surface area contributed by atoms with Gasteiger partial charge in [-0.15, -0.1) is 0 Å². The Morgan fingerprint density at radius 1 is 1.26 bits per heavy atom. The number of rotatable bonds is 4. The first-order valence-electron chi connectivity index (χ1n) is 6.96. The molecule has 0 saturated carbocycles. The standard InChI is InChI=1S/C16H22BrNO/c1-18-16(12-7-5-3-4-6-8-12)14-10-9-13(17)11-15(14)19-2/h7,9-11,16,18H,3-6,8H2,1-2H3. The summed E-state index contributed by atoms with van der Waals surface area (Å²) in [5, 5.41) is 3.45. The minimum Gasteiger partial charge on any atom is -0.496 e. The summed E-state index contributed by atoms with van der Waals surface area (Å²) in [7, 11) is 3.76. The van der Waals surface area contributed by atoms with Gasteiger partial charge in [0.2, 0.25) is 0 Å². The molecule has 1 aliphatic carbocycles. The molecule has 0 saturated heterocycles. The molecule has 3 heteroatoms. The molecule has 1 aromatic rings. The third-order valence-corrected chi connectivity index (χ3v) is 4.24. The Labute approximate surface area is 124 Å². The predicted octanol–water partition coefficient (Wildman–Crippen LogP) is 4.61. The number of ether oxygens (including phenoxy) is 1. The van der Waals surface area contributed by atoms with Crippen molar-refractivity contribution in [2.24, 2.45) is 0 Å². The molecule has 2 rings (SSSR count). The second-order valence-electron chi connectivity index (χ2n) is 4.99. The molecule has 1 aromatic carbocycles. The van der Waals surface area contributed by atoms with Gasteiger partial charge >= 0.3 is 0 Å². The summed E-state index contributed by atoms with van der Waals surface area (Å²) in [4.78, 5) is 0. The van der Waals surface area contributed by atoms with Crippen LogP contribution in [0.15, 0.2) is 34.3 Å². The molecule has 2 nitrogen and oxygen atoms in total. The van der Waals surface area contributed by atoms with Crippen LogP contribution in [0.5, 0.6) is 5.75 Å².